The SMILES string of the molecule is N=C(c1ccccc1C(F)(F)F)c1sc2ccccc2c1O. The van der Waals surface area contributed by atoms with Gasteiger partial charge >= 0.3 is 6.18 Å². The van der Waals surface area contributed by atoms with Crippen molar-refractivity contribution in [3.05, 3.63) is 64.5 Å². The summed E-state index contributed by atoms with van der Waals surface area (Å²) in [5.41, 5.74) is -1.44. The third-order valence-electron chi connectivity index (χ3n) is 3.30. The number of aromatic hydroxyl groups is 1. The highest BCUT2D eigenvalue weighted by atomic mass is 32.1. The summed E-state index contributed by atoms with van der Waals surface area (Å²) in [5.74, 6) is -0.150. The molecule has 0 saturated carbocycles. The van der Waals surface area contributed by atoms with Crippen molar-refractivity contribution in [3.63, 3.8) is 0 Å². The molecular weight excluding hydrogens is 311 g/mol. The van der Waals surface area contributed by atoms with Gasteiger partial charge in [0.15, 0.2) is 0 Å². The molecule has 2 N–H and O–H groups in total. The highest BCUT2D eigenvalue weighted by Gasteiger charge is 2.34. The molecule has 0 amide bonds. The number of halogens is 3. The van der Waals surface area contributed by atoms with Gasteiger partial charge in [0.25, 0.3) is 0 Å². The van der Waals surface area contributed by atoms with Crippen LogP contribution in [0.2, 0.25) is 0 Å². The smallest absolute Gasteiger partial charge is 0.417 e. The standard InChI is InChI=1S/C16H10F3NOS/c17-16(18,19)11-7-3-1-5-9(11)13(20)15-14(21)10-6-2-4-8-12(10)22-15/h1-8,20-21H. The number of rotatable bonds is 2. The van der Waals surface area contributed by atoms with E-state index in [2.05, 4.69) is 0 Å². The number of hydrogen-bond donors (Lipinski definition) is 2. The molecule has 0 aliphatic heterocycles. The minimum Gasteiger partial charge on any atom is -0.506 e. The van der Waals surface area contributed by atoms with Gasteiger partial charge in [0, 0.05) is 15.6 Å². The normalized spacial score (nSPS) is 11.8. The molecule has 6 heteroatoms. The Hall–Kier alpha value is -2.34. The van der Waals surface area contributed by atoms with Crippen molar-refractivity contribution in [2.45, 2.75) is 6.18 Å². The Bertz CT molecular complexity index is 867. The van der Waals surface area contributed by atoms with Gasteiger partial charge in [-0.1, -0.05) is 30.3 Å². The first-order chi connectivity index (χ1) is 10.4. The van der Waals surface area contributed by atoms with E-state index in [9.17, 15) is 18.3 Å². The van der Waals surface area contributed by atoms with E-state index in [-0.39, 0.29) is 21.9 Å². The Kier molecular flexibility index (Phi) is 3.41. The van der Waals surface area contributed by atoms with Crippen LogP contribution in [0, 0.1) is 5.41 Å². The Labute approximate surface area is 128 Å². The summed E-state index contributed by atoms with van der Waals surface area (Å²) in [4.78, 5) is 0.137. The molecule has 3 rings (SSSR count). The number of nitrogens with one attached hydrogen (secondary N) is 1. The summed E-state index contributed by atoms with van der Waals surface area (Å²) in [6.45, 7) is 0. The number of alkyl halides is 3. The van der Waals surface area contributed by atoms with Crippen LogP contribution in [0.3, 0.4) is 0 Å². The van der Waals surface area contributed by atoms with Crippen molar-refractivity contribution in [2.24, 2.45) is 0 Å². The van der Waals surface area contributed by atoms with Gasteiger partial charge in [-0.25, -0.2) is 0 Å². The topological polar surface area (TPSA) is 44.1 Å². The fourth-order valence-electron chi connectivity index (χ4n) is 2.27. The van der Waals surface area contributed by atoms with Crippen molar-refractivity contribution >= 4 is 27.1 Å². The number of thiophene rings is 1. The van der Waals surface area contributed by atoms with Crippen molar-refractivity contribution in [2.75, 3.05) is 0 Å². The van der Waals surface area contributed by atoms with Crippen LogP contribution in [-0.2, 0) is 6.18 Å². The molecule has 1 aromatic heterocycles. The zero-order valence-corrected chi connectivity index (χ0v) is 11.9. The molecule has 2 nitrogen and oxygen atoms in total. The van der Waals surface area contributed by atoms with E-state index in [0.29, 0.717) is 5.39 Å². The van der Waals surface area contributed by atoms with E-state index in [0.717, 1.165) is 22.1 Å². The van der Waals surface area contributed by atoms with Gasteiger partial charge in [0.05, 0.1) is 16.2 Å². The van der Waals surface area contributed by atoms with Gasteiger partial charge < -0.3 is 5.11 Å². The average molecular weight is 321 g/mol. The third-order valence-corrected chi connectivity index (χ3v) is 4.48. The highest BCUT2D eigenvalue weighted by molar-refractivity contribution is 7.21. The van der Waals surface area contributed by atoms with E-state index in [1.165, 1.54) is 18.2 Å². The number of fused-ring (bicyclic) bond motifs is 1. The van der Waals surface area contributed by atoms with Crippen LogP contribution in [0.25, 0.3) is 10.1 Å². The fraction of sp³-hybridized carbons (Fsp3) is 0.0625. The molecule has 0 aliphatic carbocycles. The molecule has 0 radical (unpaired) electrons. The lowest BCUT2D eigenvalue weighted by Crippen LogP contribution is -2.13. The molecule has 2 aromatic carbocycles. The van der Waals surface area contributed by atoms with Gasteiger partial charge in [-0.15, -0.1) is 11.3 Å². The summed E-state index contributed by atoms with van der Waals surface area (Å²) >= 11 is 1.10. The predicted octanol–water partition coefficient (Wildman–Crippen LogP) is 5.04. The molecule has 112 valence electrons. The van der Waals surface area contributed by atoms with Crippen molar-refractivity contribution in [3.8, 4) is 5.75 Å². The second kappa shape index (κ2) is 5.14. The van der Waals surface area contributed by atoms with Gasteiger partial charge in [-0.2, -0.15) is 13.2 Å². The Morgan fingerprint density at radius 2 is 1.64 bits per heavy atom. The maximum Gasteiger partial charge on any atom is 0.417 e. The molecule has 0 fully saturated rings. The average Bonchev–Trinajstić information content (AvgIpc) is 2.83. The Morgan fingerprint density at radius 1 is 1.00 bits per heavy atom. The van der Waals surface area contributed by atoms with Gasteiger partial charge in [-0.3, -0.25) is 5.41 Å². The molecule has 0 bridgehead atoms. The summed E-state index contributed by atoms with van der Waals surface area (Å²) in [6.07, 6.45) is -4.55. The molecule has 1 heterocycles. The summed E-state index contributed by atoms with van der Waals surface area (Å²) in [6, 6.07) is 11.8. The van der Waals surface area contributed by atoms with E-state index in [1.807, 2.05) is 0 Å². The van der Waals surface area contributed by atoms with Crippen LogP contribution in [0.15, 0.2) is 48.5 Å². The summed E-state index contributed by atoms with van der Waals surface area (Å²) in [7, 11) is 0. The second-order valence-corrected chi connectivity index (χ2v) is 5.75. The minimum atomic E-state index is -4.55. The first-order valence-electron chi connectivity index (χ1n) is 6.35. The van der Waals surface area contributed by atoms with Crippen LogP contribution < -0.4 is 0 Å². The maximum atomic E-state index is 13.1. The molecule has 0 aliphatic rings. The third kappa shape index (κ3) is 2.35. The Morgan fingerprint density at radius 3 is 2.32 bits per heavy atom. The molecule has 0 spiro atoms. The van der Waals surface area contributed by atoms with Crippen molar-refractivity contribution in [1.29, 1.82) is 5.41 Å². The largest absolute Gasteiger partial charge is 0.506 e. The zero-order chi connectivity index (χ0) is 15.9. The molecule has 0 saturated heterocycles. The van der Waals surface area contributed by atoms with Gasteiger partial charge in [-0.05, 0) is 18.2 Å². The minimum absolute atomic E-state index is 0.137. The molecular formula is C16H10F3NOS. The monoisotopic (exact) mass is 321 g/mol. The lowest BCUT2D eigenvalue weighted by atomic mass is 10.0. The van der Waals surface area contributed by atoms with Crippen LogP contribution in [0.4, 0.5) is 13.2 Å². The first-order valence-corrected chi connectivity index (χ1v) is 7.17. The quantitative estimate of drug-likeness (QED) is 0.638. The van der Waals surface area contributed by atoms with E-state index in [1.54, 1.807) is 24.3 Å². The maximum absolute atomic E-state index is 13.1. The zero-order valence-electron chi connectivity index (χ0n) is 11.1. The Balaban J connectivity index is 2.17. The first kappa shape index (κ1) is 14.6. The lowest BCUT2D eigenvalue weighted by molar-refractivity contribution is -0.137. The number of benzene rings is 2. The molecule has 3 aromatic rings. The lowest BCUT2D eigenvalue weighted by Gasteiger charge is -2.12. The van der Waals surface area contributed by atoms with E-state index >= 15 is 0 Å². The van der Waals surface area contributed by atoms with Crippen LogP contribution in [0.5, 0.6) is 5.75 Å². The van der Waals surface area contributed by atoms with Gasteiger partial charge in [0.1, 0.15) is 5.75 Å². The number of hydrogen-bond acceptors (Lipinski definition) is 3. The summed E-state index contributed by atoms with van der Waals surface area (Å²) < 4.78 is 39.9. The highest BCUT2D eigenvalue weighted by Crippen LogP contribution is 2.40. The molecule has 22 heavy (non-hydrogen) atoms. The predicted molar refractivity (Wildman–Crippen MR) is 80.9 cm³/mol. The van der Waals surface area contributed by atoms with Crippen LogP contribution in [-0.4, -0.2) is 10.8 Å². The summed E-state index contributed by atoms with van der Waals surface area (Å²) in [5, 5.41) is 18.9. The van der Waals surface area contributed by atoms with Crippen LogP contribution in [0.1, 0.15) is 16.0 Å². The van der Waals surface area contributed by atoms with Crippen molar-refractivity contribution < 1.29 is 18.3 Å². The van der Waals surface area contributed by atoms with Gasteiger partial charge in [0.2, 0.25) is 0 Å². The molecule has 0 atom stereocenters. The molecule has 0 unspecified atom stereocenters. The van der Waals surface area contributed by atoms with E-state index in [4.69, 9.17) is 5.41 Å². The van der Waals surface area contributed by atoms with Crippen LogP contribution >= 0.6 is 11.3 Å². The second-order valence-electron chi connectivity index (χ2n) is 4.69. The van der Waals surface area contributed by atoms with E-state index < -0.39 is 11.7 Å². The van der Waals surface area contributed by atoms with Crippen molar-refractivity contribution in [1.82, 2.24) is 0 Å². The fourth-order valence-corrected chi connectivity index (χ4v) is 3.33.